The van der Waals surface area contributed by atoms with Crippen LogP contribution >= 0.6 is 0 Å². The molecule has 31 heavy (non-hydrogen) atoms. The number of hydroxylamine groups is 1. The van der Waals surface area contributed by atoms with E-state index in [4.69, 9.17) is 14.3 Å². The molecule has 164 valence electrons. The Morgan fingerprint density at radius 3 is 2.68 bits per heavy atom. The van der Waals surface area contributed by atoms with Crippen LogP contribution in [0.15, 0.2) is 61.2 Å². The number of fused-ring (bicyclic) bond motifs is 1. The van der Waals surface area contributed by atoms with Crippen LogP contribution < -0.4 is 10.2 Å². The van der Waals surface area contributed by atoms with E-state index >= 15 is 0 Å². The zero-order valence-electron chi connectivity index (χ0n) is 17.3. The third-order valence-electron chi connectivity index (χ3n) is 4.85. The molecule has 1 aliphatic rings. The summed E-state index contributed by atoms with van der Waals surface area (Å²) in [5, 5.41) is 9.79. The molecule has 8 nitrogen and oxygen atoms in total. The second-order valence-electron chi connectivity index (χ2n) is 6.89. The van der Waals surface area contributed by atoms with Gasteiger partial charge in [0, 0.05) is 12.1 Å². The lowest BCUT2D eigenvalue weighted by molar-refractivity contribution is -0.150. The van der Waals surface area contributed by atoms with Crippen LogP contribution in [-0.2, 0) is 21.0 Å². The first kappa shape index (κ1) is 22.3. The van der Waals surface area contributed by atoms with Crippen molar-refractivity contribution in [2.45, 2.75) is 25.6 Å². The number of rotatable bonds is 9. The molecule has 2 atom stereocenters. The van der Waals surface area contributed by atoms with Crippen LogP contribution in [0.3, 0.4) is 0 Å². The fourth-order valence-corrected chi connectivity index (χ4v) is 3.57. The van der Waals surface area contributed by atoms with E-state index in [-0.39, 0.29) is 26.4 Å². The standard InChI is InChI=1S/C23H26N2O6/c1-3-13-30-19-12-8-11-17-20(19)18(24-31-15-16-9-6-5-7-10-16)14-25(23(27)28)21(17)22(26)29-4-2/h3,5-12,18,21,24H,1,4,13-15H2,2H3,(H,27,28). The Labute approximate surface area is 181 Å². The molecule has 0 spiro atoms. The van der Waals surface area contributed by atoms with Crippen molar-refractivity contribution in [1.29, 1.82) is 0 Å². The van der Waals surface area contributed by atoms with E-state index < -0.39 is 24.1 Å². The fourth-order valence-electron chi connectivity index (χ4n) is 3.57. The lowest BCUT2D eigenvalue weighted by Gasteiger charge is -2.38. The molecule has 0 saturated heterocycles. The Balaban J connectivity index is 1.94. The molecule has 8 heteroatoms. The van der Waals surface area contributed by atoms with Gasteiger partial charge in [0.15, 0.2) is 6.04 Å². The van der Waals surface area contributed by atoms with Crippen molar-refractivity contribution < 1.29 is 29.0 Å². The Morgan fingerprint density at radius 2 is 2.00 bits per heavy atom. The molecule has 0 saturated carbocycles. The van der Waals surface area contributed by atoms with E-state index in [1.807, 2.05) is 30.3 Å². The number of carbonyl (C=O) groups is 2. The molecule has 2 aromatic rings. The van der Waals surface area contributed by atoms with Gasteiger partial charge >= 0.3 is 12.1 Å². The highest BCUT2D eigenvalue weighted by Crippen LogP contribution is 2.41. The molecule has 1 heterocycles. The summed E-state index contributed by atoms with van der Waals surface area (Å²) < 4.78 is 11.0. The molecule has 2 aromatic carbocycles. The smallest absolute Gasteiger partial charge is 0.408 e. The predicted molar refractivity (Wildman–Crippen MR) is 113 cm³/mol. The van der Waals surface area contributed by atoms with Gasteiger partial charge in [0.05, 0.1) is 19.3 Å². The number of ether oxygens (including phenoxy) is 2. The second-order valence-corrected chi connectivity index (χ2v) is 6.89. The number of nitrogens with one attached hydrogen (secondary N) is 1. The molecular weight excluding hydrogens is 400 g/mol. The summed E-state index contributed by atoms with van der Waals surface area (Å²) in [5.41, 5.74) is 5.07. The van der Waals surface area contributed by atoms with Crippen LogP contribution in [-0.4, -0.2) is 41.8 Å². The quantitative estimate of drug-likeness (QED) is 0.359. The SMILES string of the molecule is C=CCOc1cccc2c1C(NOCc1ccccc1)CN(C(=O)O)C2C(=O)OCC. The van der Waals surface area contributed by atoms with Gasteiger partial charge in [0.2, 0.25) is 0 Å². The van der Waals surface area contributed by atoms with Gasteiger partial charge in [-0.25, -0.2) is 9.59 Å². The monoisotopic (exact) mass is 426 g/mol. The maximum absolute atomic E-state index is 12.7. The van der Waals surface area contributed by atoms with Gasteiger partial charge in [-0.3, -0.25) is 9.74 Å². The summed E-state index contributed by atoms with van der Waals surface area (Å²) in [4.78, 5) is 31.4. The summed E-state index contributed by atoms with van der Waals surface area (Å²) in [6.45, 7) is 6.03. The maximum atomic E-state index is 12.7. The maximum Gasteiger partial charge on any atom is 0.408 e. The van der Waals surface area contributed by atoms with Crippen LogP contribution in [0.5, 0.6) is 5.75 Å². The van der Waals surface area contributed by atoms with Gasteiger partial charge < -0.3 is 14.6 Å². The molecular formula is C23H26N2O6. The molecule has 2 N–H and O–H groups in total. The first-order valence-electron chi connectivity index (χ1n) is 10.0. The van der Waals surface area contributed by atoms with Gasteiger partial charge in [-0.15, -0.1) is 0 Å². The first-order valence-corrected chi connectivity index (χ1v) is 10.0. The Bertz CT molecular complexity index is 918. The molecule has 1 aliphatic heterocycles. The minimum absolute atomic E-state index is 0.0188. The number of carboxylic acid groups (broad SMARTS) is 1. The topological polar surface area (TPSA) is 97.3 Å². The van der Waals surface area contributed by atoms with Crippen molar-refractivity contribution in [2.24, 2.45) is 0 Å². The largest absolute Gasteiger partial charge is 0.489 e. The Morgan fingerprint density at radius 1 is 1.23 bits per heavy atom. The summed E-state index contributed by atoms with van der Waals surface area (Å²) in [5.74, 6) is -0.103. The van der Waals surface area contributed by atoms with E-state index in [0.29, 0.717) is 16.9 Å². The van der Waals surface area contributed by atoms with E-state index in [1.54, 1.807) is 31.2 Å². The van der Waals surface area contributed by atoms with Gasteiger partial charge in [-0.2, -0.15) is 5.48 Å². The van der Waals surface area contributed by atoms with Crippen molar-refractivity contribution in [1.82, 2.24) is 10.4 Å². The van der Waals surface area contributed by atoms with Gasteiger partial charge in [0.25, 0.3) is 0 Å². The molecule has 0 radical (unpaired) electrons. The minimum atomic E-state index is -1.23. The summed E-state index contributed by atoms with van der Waals surface area (Å²) in [6, 6.07) is 13.1. The van der Waals surface area contributed by atoms with Crippen LogP contribution in [0.2, 0.25) is 0 Å². The number of carbonyl (C=O) groups excluding carboxylic acids is 1. The van der Waals surface area contributed by atoms with Gasteiger partial charge in [0.1, 0.15) is 12.4 Å². The van der Waals surface area contributed by atoms with E-state index in [9.17, 15) is 14.7 Å². The summed E-state index contributed by atoms with van der Waals surface area (Å²) in [6.07, 6.45) is 0.388. The van der Waals surface area contributed by atoms with E-state index in [1.165, 1.54) is 0 Å². The van der Waals surface area contributed by atoms with Crippen molar-refractivity contribution in [3.63, 3.8) is 0 Å². The molecule has 0 bridgehead atoms. The van der Waals surface area contributed by atoms with Crippen molar-refractivity contribution in [3.05, 3.63) is 77.9 Å². The third kappa shape index (κ3) is 5.22. The fraction of sp³-hybridized carbons (Fsp3) is 0.304. The molecule has 0 fully saturated rings. The highest BCUT2D eigenvalue weighted by atomic mass is 16.6. The molecule has 3 rings (SSSR count). The number of amides is 1. The molecule has 0 aromatic heterocycles. The van der Waals surface area contributed by atoms with Gasteiger partial charge in [-0.1, -0.05) is 55.1 Å². The van der Waals surface area contributed by atoms with Crippen molar-refractivity contribution in [2.75, 3.05) is 19.8 Å². The third-order valence-corrected chi connectivity index (χ3v) is 4.85. The molecule has 0 aliphatic carbocycles. The summed E-state index contributed by atoms with van der Waals surface area (Å²) in [7, 11) is 0. The average molecular weight is 426 g/mol. The van der Waals surface area contributed by atoms with E-state index in [2.05, 4.69) is 12.1 Å². The second kappa shape index (κ2) is 10.6. The number of esters is 1. The number of nitrogens with zero attached hydrogens (tertiary/aromatic N) is 1. The van der Waals surface area contributed by atoms with Crippen molar-refractivity contribution in [3.8, 4) is 5.75 Å². The average Bonchev–Trinajstić information content (AvgIpc) is 2.77. The number of hydrogen-bond acceptors (Lipinski definition) is 6. The first-order chi connectivity index (χ1) is 15.1. The zero-order chi connectivity index (χ0) is 22.2. The summed E-state index contributed by atoms with van der Waals surface area (Å²) >= 11 is 0. The lowest BCUT2D eigenvalue weighted by atomic mass is 9.89. The predicted octanol–water partition coefficient (Wildman–Crippen LogP) is 3.61. The number of hydrogen-bond donors (Lipinski definition) is 2. The highest BCUT2D eigenvalue weighted by molar-refractivity contribution is 5.84. The van der Waals surface area contributed by atoms with Crippen molar-refractivity contribution >= 4 is 12.1 Å². The molecule has 2 unspecified atom stereocenters. The number of benzene rings is 2. The van der Waals surface area contributed by atoms with Crippen LogP contribution in [0.1, 0.15) is 35.7 Å². The Hall–Kier alpha value is -3.36. The minimum Gasteiger partial charge on any atom is -0.489 e. The zero-order valence-corrected chi connectivity index (χ0v) is 17.3. The lowest BCUT2D eigenvalue weighted by Crippen LogP contribution is -2.48. The van der Waals surface area contributed by atoms with Crippen LogP contribution in [0.25, 0.3) is 0 Å². The Kier molecular flexibility index (Phi) is 7.64. The van der Waals surface area contributed by atoms with Crippen LogP contribution in [0, 0.1) is 0 Å². The van der Waals surface area contributed by atoms with E-state index in [0.717, 1.165) is 10.5 Å². The molecule has 1 amide bonds. The van der Waals surface area contributed by atoms with Crippen LogP contribution in [0.4, 0.5) is 4.79 Å². The normalized spacial score (nSPS) is 17.5. The van der Waals surface area contributed by atoms with Gasteiger partial charge in [-0.05, 0) is 24.1 Å². The highest BCUT2D eigenvalue weighted by Gasteiger charge is 2.42.